The van der Waals surface area contributed by atoms with Crippen LogP contribution in [0.15, 0.2) is 42.5 Å². The second-order valence-corrected chi connectivity index (χ2v) is 6.59. The van der Waals surface area contributed by atoms with E-state index >= 15 is 0 Å². The van der Waals surface area contributed by atoms with E-state index in [4.69, 9.17) is 11.6 Å². The summed E-state index contributed by atoms with van der Waals surface area (Å²) in [6, 6.07) is 13.7. The van der Waals surface area contributed by atoms with E-state index in [1.54, 1.807) is 0 Å². The van der Waals surface area contributed by atoms with E-state index in [-0.39, 0.29) is 11.9 Å². The van der Waals surface area contributed by atoms with Gasteiger partial charge in [0.25, 0.3) is 0 Å². The lowest BCUT2D eigenvalue weighted by molar-refractivity contribution is -0.122. The molecule has 0 spiro atoms. The minimum atomic E-state index is 0.0358. The van der Waals surface area contributed by atoms with Gasteiger partial charge in [0.05, 0.1) is 11.7 Å². The lowest BCUT2D eigenvalue weighted by Gasteiger charge is -2.18. The van der Waals surface area contributed by atoms with Gasteiger partial charge in [-0.3, -0.25) is 9.78 Å². The van der Waals surface area contributed by atoms with Crippen LogP contribution in [0.1, 0.15) is 42.3 Å². The van der Waals surface area contributed by atoms with E-state index in [9.17, 15) is 4.79 Å². The molecule has 1 aromatic carbocycles. The Morgan fingerprint density at radius 3 is 2.74 bits per heavy atom. The van der Waals surface area contributed by atoms with Crippen LogP contribution >= 0.6 is 11.6 Å². The Hall–Kier alpha value is -1.87. The second kappa shape index (κ2) is 7.14. The standard InChI is InChI=1S/C19H21ClN2O/c1-13-5-4-8-17(21-13)19(15-9-10-15)22-18(23)12-11-14-6-2-3-7-16(14)20/h2-8,15,19H,9-12H2,1H3,(H,22,23). The van der Waals surface area contributed by atoms with Gasteiger partial charge in [0.1, 0.15) is 0 Å². The molecule has 1 atom stereocenters. The number of carbonyl (C=O) groups excluding carboxylic acids is 1. The molecule has 1 N–H and O–H groups in total. The molecule has 0 bridgehead atoms. The quantitative estimate of drug-likeness (QED) is 0.861. The molecule has 1 fully saturated rings. The maximum atomic E-state index is 12.3. The Morgan fingerprint density at radius 1 is 1.26 bits per heavy atom. The number of aromatic nitrogens is 1. The van der Waals surface area contributed by atoms with Gasteiger partial charge in [0.2, 0.25) is 5.91 Å². The van der Waals surface area contributed by atoms with E-state index in [0.717, 1.165) is 34.8 Å². The minimum absolute atomic E-state index is 0.0358. The zero-order valence-corrected chi connectivity index (χ0v) is 14.0. The fraction of sp³-hybridized carbons (Fsp3) is 0.368. The zero-order chi connectivity index (χ0) is 16.2. The summed E-state index contributed by atoms with van der Waals surface area (Å²) in [5.74, 6) is 0.582. The molecule has 0 saturated heterocycles. The lowest BCUT2D eigenvalue weighted by Crippen LogP contribution is -2.30. The highest BCUT2D eigenvalue weighted by Gasteiger charge is 2.34. The Labute approximate surface area is 142 Å². The van der Waals surface area contributed by atoms with Gasteiger partial charge in [-0.25, -0.2) is 0 Å². The Bertz CT molecular complexity index is 697. The number of aryl methyl sites for hydroxylation is 2. The van der Waals surface area contributed by atoms with Crippen molar-refractivity contribution in [2.45, 2.75) is 38.6 Å². The van der Waals surface area contributed by atoms with Crippen LogP contribution in [0.3, 0.4) is 0 Å². The predicted octanol–water partition coefficient (Wildman–Crippen LogP) is 4.24. The average molecular weight is 329 g/mol. The number of amides is 1. The number of pyridine rings is 1. The summed E-state index contributed by atoms with van der Waals surface area (Å²) in [6.45, 7) is 1.98. The molecule has 0 radical (unpaired) electrons. The molecular formula is C19H21ClN2O. The molecule has 1 amide bonds. The molecular weight excluding hydrogens is 308 g/mol. The van der Waals surface area contributed by atoms with Crippen molar-refractivity contribution in [3.63, 3.8) is 0 Å². The fourth-order valence-corrected chi connectivity index (χ4v) is 3.03. The van der Waals surface area contributed by atoms with E-state index < -0.39 is 0 Å². The number of hydrogen-bond acceptors (Lipinski definition) is 2. The van der Waals surface area contributed by atoms with Crippen LogP contribution in [-0.2, 0) is 11.2 Å². The van der Waals surface area contributed by atoms with Gasteiger partial charge in [-0.1, -0.05) is 35.9 Å². The molecule has 1 saturated carbocycles. The molecule has 1 aliphatic carbocycles. The van der Waals surface area contributed by atoms with Gasteiger partial charge in [-0.05, 0) is 55.9 Å². The SMILES string of the molecule is Cc1cccc(C(NC(=O)CCc2ccccc2Cl)C2CC2)n1. The molecule has 1 heterocycles. The molecule has 4 heteroatoms. The third-order valence-corrected chi connectivity index (χ3v) is 4.59. The van der Waals surface area contributed by atoms with Crippen molar-refractivity contribution < 1.29 is 4.79 Å². The Kier molecular flexibility index (Phi) is 4.97. The number of nitrogens with one attached hydrogen (secondary N) is 1. The molecule has 2 aromatic rings. The minimum Gasteiger partial charge on any atom is -0.347 e. The highest BCUT2D eigenvalue weighted by molar-refractivity contribution is 6.31. The van der Waals surface area contributed by atoms with Crippen LogP contribution in [-0.4, -0.2) is 10.9 Å². The zero-order valence-electron chi connectivity index (χ0n) is 13.3. The van der Waals surface area contributed by atoms with Crippen LogP contribution in [0.4, 0.5) is 0 Å². The number of benzene rings is 1. The summed E-state index contributed by atoms with van der Waals surface area (Å²) in [7, 11) is 0. The summed E-state index contributed by atoms with van der Waals surface area (Å²) in [5.41, 5.74) is 2.97. The molecule has 120 valence electrons. The van der Waals surface area contributed by atoms with Crippen LogP contribution in [0.2, 0.25) is 5.02 Å². The van der Waals surface area contributed by atoms with Gasteiger partial charge in [0.15, 0.2) is 0 Å². The normalized spacial score (nSPS) is 15.2. The molecule has 3 rings (SSSR count). The predicted molar refractivity (Wildman–Crippen MR) is 92.4 cm³/mol. The van der Waals surface area contributed by atoms with Crippen LogP contribution < -0.4 is 5.32 Å². The fourth-order valence-electron chi connectivity index (χ4n) is 2.80. The molecule has 1 aliphatic rings. The molecule has 1 aromatic heterocycles. The molecule has 3 nitrogen and oxygen atoms in total. The third kappa shape index (κ3) is 4.32. The summed E-state index contributed by atoms with van der Waals surface area (Å²) in [6.07, 6.45) is 3.42. The number of rotatable bonds is 6. The summed E-state index contributed by atoms with van der Waals surface area (Å²) < 4.78 is 0. The largest absolute Gasteiger partial charge is 0.347 e. The monoisotopic (exact) mass is 328 g/mol. The third-order valence-electron chi connectivity index (χ3n) is 4.22. The summed E-state index contributed by atoms with van der Waals surface area (Å²) in [4.78, 5) is 16.9. The highest BCUT2D eigenvalue weighted by atomic mass is 35.5. The van der Waals surface area contributed by atoms with Crippen molar-refractivity contribution in [1.29, 1.82) is 0 Å². The van der Waals surface area contributed by atoms with Gasteiger partial charge in [-0.2, -0.15) is 0 Å². The van der Waals surface area contributed by atoms with Crippen molar-refractivity contribution >= 4 is 17.5 Å². The first-order valence-corrected chi connectivity index (χ1v) is 8.47. The Morgan fingerprint density at radius 2 is 2.04 bits per heavy atom. The topological polar surface area (TPSA) is 42.0 Å². The summed E-state index contributed by atoms with van der Waals surface area (Å²) >= 11 is 6.15. The Balaban J connectivity index is 1.62. The first-order valence-electron chi connectivity index (χ1n) is 8.10. The van der Waals surface area contributed by atoms with Gasteiger partial charge < -0.3 is 5.32 Å². The van der Waals surface area contributed by atoms with Crippen molar-refractivity contribution in [2.75, 3.05) is 0 Å². The van der Waals surface area contributed by atoms with Crippen molar-refractivity contribution in [1.82, 2.24) is 10.3 Å². The van der Waals surface area contributed by atoms with E-state index in [1.807, 2.05) is 49.4 Å². The van der Waals surface area contributed by atoms with Crippen molar-refractivity contribution in [3.05, 3.63) is 64.4 Å². The maximum Gasteiger partial charge on any atom is 0.220 e. The second-order valence-electron chi connectivity index (χ2n) is 6.18. The van der Waals surface area contributed by atoms with E-state index in [2.05, 4.69) is 10.3 Å². The molecule has 0 aliphatic heterocycles. The number of nitrogens with zero attached hydrogens (tertiary/aromatic N) is 1. The van der Waals surface area contributed by atoms with E-state index in [1.165, 1.54) is 0 Å². The average Bonchev–Trinajstić information content (AvgIpc) is 3.36. The van der Waals surface area contributed by atoms with Gasteiger partial charge >= 0.3 is 0 Å². The van der Waals surface area contributed by atoms with Gasteiger partial charge in [0, 0.05) is 17.1 Å². The van der Waals surface area contributed by atoms with Crippen LogP contribution in [0, 0.1) is 12.8 Å². The van der Waals surface area contributed by atoms with Crippen LogP contribution in [0.25, 0.3) is 0 Å². The van der Waals surface area contributed by atoms with E-state index in [0.29, 0.717) is 18.8 Å². The smallest absolute Gasteiger partial charge is 0.220 e. The molecule has 23 heavy (non-hydrogen) atoms. The van der Waals surface area contributed by atoms with Crippen molar-refractivity contribution in [3.8, 4) is 0 Å². The van der Waals surface area contributed by atoms with Crippen LogP contribution in [0.5, 0.6) is 0 Å². The lowest BCUT2D eigenvalue weighted by atomic mass is 10.1. The number of halogens is 1. The molecule has 1 unspecified atom stereocenters. The maximum absolute atomic E-state index is 12.3. The summed E-state index contributed by atoms with van der Waals surface area (Å²) in [5, 5.41) is 3.89. The number of hydrogen-bond donors (Lipinski definition) is 1. The first-order chi connectivity index (χ1) is 11.1. The van der Waals surface area contributed by atoms with Crippen molar-refractivity contribution in [2.24, 2.45) is 5.92 Å². The highest BCUT2D eigenvalue weighted by Crippen LogP contribution is 2.40. The van der Waals surface area contributed by atoms with Gasteiger partial charge in [-0.15, -0.1) is 0 Å². The number of carbonyl (C=O) groups is 1. The first kappa shape index (κ1) is 16.0.